The molecule has 0 bridgehead atoms. The summed E-state index contributed by atoms with van der Waals surface area (Å²) in [5, 5.41) is 11.2. The van der Waals surface area contributed by atoms with Gasteiger partial charge in [0.15, 0.2) is 0 Å². The molecule has 1 amide bonds. The predicted molar refractivity (Wildman–Crippen MR) is 85.2 cm³/mol. The molecule has 2 aromatic rings. The van der Waals surface area contributed by atoms with Crippen molar-refractivity contribution in [1.29, 1.82) is 0 Å². The quantitative estimate of drug-likeness (QED) is 0.857. The lowest BCUT2D eigenvalue weighted by Gasteiger charge is -2.19. The Bertz CT molecular complexity index is 729. The van der Waals surface area contributed by atoms with E-state index in [9.17, 15) is 14.7 Å². The van der Waals surface area contributed by atoms with E-state index in [0.29, 0.717) is 24.4 Å². The van der Waals surface area contributed by atoms with Crippen LogP contribution in [-0.2, 0) is 4.79 Å². The van der Waals surface area contributed by atoms with Crippen molar-refractivity contribution in [3.8, 4) is 0 Å². The Morgan fingerprint density at radius 1 is 1.29 bits per heavy atom. The Hall–Kier alpha value is -2.01. The summed E-state index contributed by atoms with van der Waals surface area (Å²) in [6.45, 7) is 0.529. The first kappa shape index (κ1) is 13.9. The molecule has 1 fully saturated rings. The van der Waals surface area contributed by atoms with E-state index in [0.717, 1.165) is 10.8 Å². The summed E-state index contributed by atoms with van der Waals surface area (Å²) in [5.74, 6) is -0.253. The van der Waals surface area contributed by atoms with Crippen LogP contribution < -0.4 is 4.90 Å². The molecule has 1 N–H and O–H groups in total. The highest BCUT2D eigenvalue weighted by molar-refractivity contribution is 7.80. The lowest BCUT2D eigenvalue weighted by atomic mass is 10.0. The Morgan fingerprint density at radius 2 is 1.95 bits per heavy atom. The summed E-state index contributed by atoms with van der Waals surface area (Å²) in [5.41, 5.74) is 0.650. The molecule has 4 nitrogen and oxygen atoms in total. The average Bonchev–Trinajstić information content (AvgIpc) is 2.87. The molecule has 21 heavy (non-hydrogen) atoms. The Morgan fingerprint density at radius 3 is 2.52 bits per heavy atom. The molecular weight excluding hydrogens is 286 g/mol. The van der Waals surface area contributed by atoms with Crippen molar-refractivity contribution in [2.24, 2.45) is 5.92 Å². The van der Waals surface area contributed by atoms with Crippen LogP contribution in [0.2, 0.25) is 0 Å². The molecule has 0 aromatic heterocycles. The number of hydrogen-bond acceptors (Lipinski definition) is 3. The van der Waals surface area contributed by atoms with Crippen LogP contribution in [0.4, 0.5) is 5.69 Å². The van der Waals surface area contributed by atoms with Crippen LogP contribution in [0.25, 0.3) is 10.8 Å². The van der Waals surface area contributed by atoms with E-state index in [1.165, 1.54) is 0 Å². The maximum absolute atomic E-state index is 12.2. The average molecular weight is 301 g/mol. The van der Waals surface area contributed by atoms with E-state index >= 15 is 0 Å². The van der Waals surface area contributed by atoms with Gasteiger partial charge in [0.1, 0.15) is 0 Å². The number of thiol groups is 1. The smallest absolute Gasteiger partial charge is 0.337 e. The van der Waals surface area contributed by atoms with Gasteiger partial charge in [-0.05, 0) is 34.6 Å². The molecule has 1 saturated heterocycles. The molecule has 108 valence electrons. The van der Waals surface area contributed by atoms with Gasteiger partial charge in [-0.1, -0.05) is 24.3 Å². The Balaban J connectivity index is 2.14. The normalized spacial score (nSPS) is 18.4. The van der Waals surface area contributed by atoms with Crippen molar-refractivity contribution < 1.29 is 14.7 Å². The molecule has 1 heterocycles. The van der Waals surface area contributed by atoms with Crippen molar-refractivity contribution >= 4 is 41.0 Å². The van der Waals surface area contributed by atoms with Crippen LogP contribution in [-0.4, -0.2) is 29.3 Å². The van der Waals surface area contributed by atoms with E-state index in [4.69, 9.17) is 0 Å². The van der Waals surface area contributed by atoms with E-state index in [1.54, 1.807) is 17.0 Å². The van der Waals surface area contributed by atoms with Gasteiger partial charge in [0, 0.05) is 13.0 Å². The summed E-state index contributed by atoms with van der Waals surface area (Å²) in [6, 6.07) is 11.0. The lowest BCUT2D eigenvalue weighted by molar-refractivity contribution is -0.117. The number of benzene rings is 2. The van der Waals surface area contributed by atoms with Crippen molar-refractivity contribution in [3.63, 3.8) is 0 Å². The van der Waals surface area contributed by atoms with Gasteiger partial charge in [-0.2, -0.15) is 12.6 Å². The summed E-state index contributed by atoms with van der Waals surface area (Å²) < 4.78 is 0. The molecule has 1 aliphatic rings. The van der Waals surface area contributed by atoms with Crippen molar-refractivity contribution in [3.05, 3.63) is 42.0 Å². The minimum absolute atomic E-state index is 0.0353. The number of amides is 1. The zero-order valence-electron chi connectivity index (χ0n) is 11.3. The first-order valence-corrected chi connectivity index (χ1v) is 7.40. The number of carbonyl (C=O) groups is 2. The molecule has 0 spiro atoms. The third-order valence-corrected chi connectivity index (χ3v) is 4.36. The SMILES string of the molecule is O=C(O)c1cc2ccccc2cc1N1CC(CS)CC1=O. The number of carboxylic acids is 1. The second-order valence-electron chi connectivity index (χ2n) is 5.28. The van der Waals surface area contributed by atoms with Gasteiger partial charge in [0.05, 0.1) is 11.3 Å². The minimum atomic E-state index is -1.02. The second kappa shape index (κ2) is 5.41. The zero-order chi connectivity index (χ0) is 15.0. The maximum Gasteiger partial charge on any atom is 0.337 e. The van der Waals surface area contributed by atoms with E-state index < -0.39 is 5.97 Å². The maximum atomic E-state index is 12.2. The van der Waals surface area contributed by atoms with Gasteiger partial charge in [0.2, 0.25) is 5.91 Å². The van der Waals surface area contributed by atoms with Gasteiger partial charge in [-0.3, -0.25) is 4.79 Å². The summed E-state index contributed by atoms with van der Waals surface area (Å²) >= 11 is 4.24. The molecule has 5 heteroatoms. The lowest BCUT2D eigenvalue weighted by Crippen LogP contribution is -2.26. The predicted octanol–water partition coefficient (Wildman–Crippen LogP) is 2.82. The van der Waals surface area contributed by atoms with Crippen LogP contribution in [0.5, 0.6) is 0 Å². The molecule has 1 atom stereocenters. The highest BCUT2D eigenvalue weighted by Gasteiger charge is 2.32. The topological polar surface area (TPSA) is 57.6 Å². The summed E-state index contributed by atoms with van der Waals surface area (Å²) in [6.07, 6.45) is 0.426. The Kier molecular flexibility index (Phi) is 3.59. The molecule has 0 aliphatic carbocycles. The second-order valence-corrected chi connectivity index (χ2v) is 5.64. The van der Waals surface area contributed by atoms with Crippen LogP contribution >= 0.6 is 12.6 Å². The van der Waals surface area contributed by atoms with Gasteiger partial charge < -0.3 is 10.0 Å². The van der Waals surface area contributed by atoms with Gasteiger partial charge >= 0.3 is 5.97 Å². The zero-order valence-corrected chi connectivity index (χ0v) is 12.2. The number of carboxylic acid groups (broad SMARTS) is 1. The number of nitrogens with zero attached hydrogens (tertiary/aromatic N) is 1. The third-order valence-electron chi connectivity index (χ3n) is 3.85. The van der Waals surface area contributed by atoms with Gasteiger partial charge in [0.25, 0.3) is 0 Å². The van der Waals surface area contributed by atoms with Crippen molar-refractivity contribution in [2.75, 3.05) is 17.2 Å². The van der Waals surface area contributed by atoms with E-state index in [1.807, 2.05) is 24.3 Å². The number of anilines is 1. The fourth-order valence-corrected chi connectivity index (χ4v) is 3.00. The van der Waals surface area contributed by atoms with Crippen LogP contribution in [0, 0.1) is 5.92 Å². The third kappa shape index (κ3) is 2.49. The van der Waals surface area contributed by atoms with E-state index in [-0.39, 0.29) is 17.4 Å². The number of hydrogen-bond donors (Lipinski definition) is 2. The van der Waals surface area contributed by atoms with Gasteiger partial charge in [-0.15, -0.1) is 0 Å². The summed E-state index contributed by atoms with van der Waals surface area (Å²) in [4.78, 5) is 25.3. The largest absolute Gasteiger partial charge is 0.478 e. The molecular formula is C16H15NO3S. The molecule has 3 rings (SSSR count). The number of fused-ring (bicyclic) bond motifs is 1. The number of rotatable bonds is 3. The van der Waals surface area contributed by atoms with E-state index in [2.05, 4.69) is 12.6 Å². The Labute approximate surface area is 127 Å². The molecule has 2 aromatic carbocycles. The molecule has 1 aliphatic heterocycles. The molecule has 1 unspecified atom stereocenters. The fourth-order valence-electron chi connectivity index (χ4n) is 2.76. The van der Waals surface area contributed by atoms with Gasteiger partial charge in [-0.25, -0.2) is 4.79 Å². The monoisotopic (exact) mass is 301 g/mol. The first-order valence-electron chi connectivity index (χ1n) is 6.77. The first-order chi connectivity index (χ1) is 10.1. The van der Waals surface area contributed by atoms with Crippen LogP contribution in [0.1, 0.15) is 16.8 Å². The van der Waals surface area contributed by atoms with Crippen molar-refractivity contribution in [1.82, 2.24) is 0 Å². The molecule has 0 saturated carbocycles. The van der Waals surface area contributed by atoms with Crippen molar-refractivity contribution in [2.45, 2.75) is 6.42 Å². The number of carbonyl (C=O) groups excluding carboxylic acids is 1. The van der Waals surface area contributed by atoms with Crippen LogP contribution in [0.15, 0.2) is 36.4 Å². The van der Waals surface area contributed by atoms with Crippen LogP contribution in [0.3, 0.4) is 0 Å². The number of aromatic carboxylic acids is 1. The highest BCUT2D eigenvalue weighted by atomic mass is 32.1. The molecule has 0 radical (unpaired) electrons. The fraction of sp³-hybridized carbons (Fsp3) is 0.250. The summed E-state index contributed by atoms with van der Waals surface area (Å²) in [7, 11) is 0. The standard InChI is InChI=1S/C16H15NO3S/c18-15-5-10(9-21)8-17(15)14-7-12-4-2-1-3-11(12)6-13(14)16(19)20/h1-4,6-7,10,21H,5,8-9H2,(H,19,20). The minimum Gasteiger partial charge on any atom is -0.478 e. The highest BCUT2D eigenvalue weighted by Crippen LogP contribution is 2.32.